The molecule has 1 aliphatic rings. The Balaban J connectivity index is 1.60. The molecule has 0 saturated carbocycles. The van der Waals surface area contributed by atoms with E-state index >= 15 is 0 Å². The summed E-state index contributed by atoms with van der Waals surface area (Å²) in [5, 5.41) is 3.67. The van der Waals surface area contributed by atoms with Gasteiger partial charge in [0, 0.05) is 23.4 Å². The fraction of sp³-hybridized carbons (Fsp3) is 0.353. The average molecular weight is 345 g/mol. The number of hydrogen-bond acceptors (Lipinski definition) is 6. The second-order valence-electron chi connectivity index (χ2n) is 5.77. The number of aromatic nitrogens is 2. The van der Waals surface area contributed by atoms with E-state index in [1.807, 2.05) is 13.0 Å². The monoisotopic (exact) mass is 345 g/mol. The molecule has 1 aliphatic heterocycles. The van der Waals surface area contributed by atoms with Crippen LogP contribution in [0.3, 0.4) is 0 Å². The molecule has 0 spiro atoms. The van der Waals surface area contributed by atoms with Gasteiger partial charge in [-0.2, -0.15) is 0 Å². The highest BCUT2D eigenvalue weighted by Crippen LogP contribution is 2.34. The Labute approximate surface area is 145 Å². The number of hydrogen-bond donors (Lipinski definition) is 1. The number of ether oxygens (including phenoxy) is 2. The Kier molecular flexibility index (Phi) is 4.89. The summed E-state index contributed by atoms with van der Waals surface area (Å²) in [6, 6.07) is 7.23. The van der Waals surface area contributed by atoms with Crippen LogP contribution in [-0.4, -0.2) is 28.4 Å². The van der Waals surface area contributed by atoms with Gasteiger partial charge in [0.1, 0.15) is 10.9 Å². The number of benzene rings is 1. The molecule has 0 saturated heterocycles. The molecule has 0 unspecified atom stereocenters. The van der Waals surface area contributed by atoms with Crippen LogP contribution in [0.2, 0.25) is 0 Å². The SMILES string of the molecule is Cc1cc(SCC(=O)Nc2ccc3c(c2)OCO3)nc(C(C)C)n1. The summed E-state index contributed by atoms with van der Waals surface area (Å²) in [4.78, 5) is 21.0. The van der Waals surface area contributed by atoms with Gasteiger partial charge in [-0.1, -0.05) is 25.6 Å². The van der Waals surface area contributed by atoms with Crippen molar-refractivity contribution in [3.8, 4) is 11.5 Å². The van der Waals surface area contributed by atoms with E-state index in [-0.39, 0.29) is 24.4 Å². The zero-order valence-corrected chi connectivity index (χ0v) is 14.6. The van der Waals surface area contributed by atoms with Crippen molar-refractivity contribution in [1.82, 2.24) is 9.97 Å². The molecule has 1 N–H and O–H groups in total. The minimum Gasteiger partial charge on any atom is -0.454 e. The molecule has 126 valence electrons. The molecule has 0 bridgehead atoms. The zero-order chi connectivity index (χ0) is 17.1. The zero-order valence-electron chi connectivity index (χ0n) is 13.8. The molecule has 2 heterocycles. The molecule has 7 heteroatoms. The van der Waals surface area contributed by atoms with Gasteiger partial charge in [0.2, 0.25) is 12.7 Å². The standard InChI is InChI=1S/C17H19N3O3S/c1-10(2)17-18-11(3)6-16(20-17)24-8-15(21)19-12-4-5-13-14(7-12)23-9-22-13/h4-7,10H,8-9H2,1-3H3,(H,19,21). The number of carbonyl (C=O) groups is 1. The summed E-state index contributed by atoms with van der Waals surface area (Å²) >= 11 is 1.40. The van der Waals surface area contributed by atoms with Crippen LogP contribution in [0, 0.1) is 6.92 Å². The fourth-order valence-electron chi connectivity index (χ4n) is 2.20. The van der Waals surface area contributed by atoms with Crippen LogP contribution in [0.5, 0.6) is 11.5 Å². The number of thioether (sulfide) groups is 1. The molecule has 24 heavy (non-hydrogen) atoms. The topological polar surface area (TPSA) is 73.3 Å². The molecule has 2 aromatic rings. The number of amides is 1. The lowest BCUT2D eigenvalue weighted by molar-refractivity contribution is -0.113. The number of carbonyl (C=O) groups excluding carboxylic acids is 1. The summed E-state index contributed by atoms with van der Waals surface area (Å²) in [5.74, 6) is 2.58. The molecule has 6 nitrogen and oxygen atoms in total. The highest BCUT2D eigenvalue weighted by atomic mass is 32.2. The lowest BCUT2D eigenvalue weighted by Gasteiger charge is -2.09. The Bertz CT molecular complexity index is 765. The van der Waals surface area contributed by atoms with E-state index in [9.17, 15) is 4.79 Å². The van der Waals surface area contributed by atoms with Crippen LogP contribution in [-0.2, 0) is 4.79 Å². The quantitative estimate of drug-likeness (QED) is 0.662. The predicted molar refractivity (Wildman–Crippen MR) is 92.8 cm³/mol. The van der Waals surface area contributed by atoms with Gasteiger partial charge in [0.25, 0.3) is 0 Å². The molecular weight excluding hydrogens is 326 g/mol. The van der Waals surface area contributed by atoms with E-state index < -0.39 is 0 Å². The van der Waals surface area contributed by atoms with Gasteiger partial charge in [-0.05, 0) is 25.1 Å². The summed E-state index contributed by atoms with van der Waals surface area (Å²) < 4.78 is 10.6. The van der Waals surface area contributed by atoms with Crippen molar-refractivity contribution in [3.05, 3.63) is 35.8 Å². The Morgan fingerprint density at radius 2 is 2.04 bits per heavy atom. The number of nitrogens with one attached hydrogen (secondary N) is 1. The lowest BCUT2D eigenvalue weighted by Crippen LogP contribution is -2.14. The van der Waals surface area contributed by atoms with Crippen LogP contribution in [0.1, 0.15) is 31.3 Å². The highest BCUT2D eigenvalue weighted by Gasteiger charge is 2.14. The Morgan fingerprint density at radius 1 is 1.25 bits per heavy atom. The van der Waals surface area contributed by atoms with Crippen LogP contribution >= 0.6 is 11.8 Å². The molecule has 1 aromatic heterocycles. The van der Waals surface area contributed by atoms with Gasteiger partial charge in [0.15, 0.2) is 11.5 Å². The number of aryl methyl sites for hydroxylation is 1. The van der Waals surface area contributed by atoms with Crippen molar-refractivity contribution in [2.75, 3.05) is 17.9 Å². The van der Waals surface area contributed by atoms with Crippen LogP contribution in [0.4, 0.5) is 5.69 Å². The third-order valence-electron chi connectivity index (χ3n) is 3.37. The number of anilines is 1. The average Bonchev–Trinajstić information content (AvgIpc) is 3.00. The van der Waals surface area contributed by atoms with Crippen molar-refractivity contribution >= 4 is 23.4 Å². The molecule has 0 atom stereocenters. The van der Waals surface area contributed by atoms with Crippen LogP contribution < -0.4 is 14.8 Å². The normalized spacial score (nSPS) is 12.5. The first-order valence-electron chi connectivity index (χ1n) is 7.69. The van der Waals surface area contributed by atoms with Gasteiger partial charge >= 0.3 is 0 Å². The van der Waals surface area contributed by atoms with Crippen molar-refractivity contribution in [2.45, 2.75) is 31.7 Å². The number of fused-ring (bicyclic) bond motifs is 1. The van der Waals surface area contributed by atoms with Crippen LogP contribution in [0.25, 0.3) is 0 Å². The van der Waals surface area contributed by atoms with Crippen LogP contribution in [0.15, 0.2) is 29.3 Å². The van der Waals surface area contributed by atoms with Gasteiger partial charge in [-0.15, -0.1) is 0 Å². The van der Waals surface area contributed by atoms with Crippen molar-refractivity contribution in [2.24, 2.45) is 0 Å². The van der Waals surface area contributed by atoms with E-state index in [0.717, 1.165) is 16.5 Å². The fourth-order valence-corrected chi connectivity index (χ4v) is 2.97. The number of nitrogens with zero attached hydrogens (tertiary/aromatic N) is 2. The molecule has 0 aliphatic carbocycles. The van der Waals surface area contributed by atoms with Gasteiger partial charge < -0.3 is 14.8 Å². The third kappa shape index (κ3) is 3.97. The smallest absolute Gasteiger partial charge is 0.234 e. The molecular formula is C17H19N3O3S. The van der Waals surface area contributed by atoms with Gasteiger partial charge in [0.05, 0.1) is 5.75 Å². The molecule has 3 rings (SSSR count). The first-order chi connectivity index (χ1) is 11.5. The maximum Gasteiger partial charge on any atom is 0.234 e. The van der Waals surface area contributed by atoms with Gasteiger partial charge in [-0.3, -0.25) is 4.79 Å². The number of rotatable bonds is 5. The van der Waals surface area contributed by atoms with Gasteiger partial charge in [-0.25, -0.2) is 9.97 Å². The summed E-state index contributed by atoms with van der Waals surface area (Å²) in [7, 11) is 0. The minimum atomic E-state index is -0.0961. The van der Waals surface area contributed by atoms with E-state index in [2.05, 4.69) is 29.1 Å². The molecule has 0 fully saturated rings. The first-order valence-corrected chi connectivity index (χ1v) is 8.67. The van der Waals surface area contributed by atoms with E-state index in [1.165, 1.54) is 11.8 Å². The lowest BCUT2D eigenvalue weighted by atomic mass is 10.2. The van der Waals surface area contributed by atoms with E-state index in [1.54, 1.807) is 18.2 Å². The Morgan fingerprint density at radius 3 is 2.83 bits per heavy atom. The predicted octanol–water partition coefficient (Wildman–Crippen LogP) is 3.37. The first kappa shape index (κ1) is 16.6. The largest absolute Gasteiger partial charge is 0.454 e. The van der Waals surface area contributed by atoms with Crippen molar-refractivity contribution < 1.29 is 14.3 Å². The van der Waals surface area contributed by atoms with Crippen molar-refractivity contribution in [3.63, 3.8) is 0 Å². The maximum atomic E-state index is 12.1. The van der Waals surface area contributed by atoms with E-state index in [0.29, 0.717) is 17.2 Å². The summed E-state index contributed by atoms with van der Waals surface area (Å²) in [5.41, 5.74) is 1.60. The molecule has 0 radical (unpaired) electrons. The second kappa shape index (κ2) is 7.09. The van der Waals surface area contributed by atoms with E-state index in [4.69, 9.17) is 9.47 Å². The molecule has 1 aromatic carbocycles. The third-order valence-corrected chi connectivity index (χ3v) is 4.28. The van der Waals surface area contributed by atoms with Crippen molar-refractivity contribution in [1.29, 1.82) is 0 Å². The molecule has 1 amide bonds. The Hall–Kier alpha value is -2.28. The highest BCUT2D eigenvalue weighted by molar-refractivity contribution is 7.99. The summed E-state index contributed by atoms with van der Waals surface area (Å²) in [6.07, 6.45) is 0. The second-order valence-corrected chi connectivity index (χ2v) is 6.76. The maximum absolute atomic E-state index is 12.1. The minimum absolute atomic E-state index is 0.0961. The summed E-state index contributed by atoms with van der Waals surface area (Å²) in [6.45, 7) is 6.25.